The van der Waals surface area contributed by atoms with Crippen molar-refractivity contribution in [2.45, 2.75) is 31.7 Å². The molecule has 22 heavy (non-hydrogen) atoms. The molecular formula is C15H18F2N2O3. The minimum absolute atomic E-state index is 0.0400. The third-order valence-corrected chi connectivity index (χ3v) is 3.78. The molecule has 0 bridgehead atoms. The second-order valence-corrected chi connectivity index (χ2v) is 5.39. The lowest BCUT2D eigenvalue weighted by Crippen LogP contribution is -2.42. The first-order valence-corrected chi connectivity index (χ1v) is 7.11. The van der Waals surface area contributed by atoms with E-state index in [0.29, 0.717) is 19.3 Å². The van der Waals surface area contributed by atoms with Crippen LogP contribution in [-0.4, -0.2) is 35.1 Å². The minimum Gasteiger partial charge on any atom is -0.396 e. The Morgan fingerprint density at radius 3 is 2.41 bits per heavy atom. The highest BCUT2D eigenvalue weighted by molar-refractivity contribution is 6.07. The zero-order chi connectivity index (χ0) is 16.3. The average molecular weight is 312 g/mol. The molecular weight excluding hydrogens is 294 g/mol. The fourth-order valence-electron chi connectivity index (χ4n) is 2.60. The topological polar surface area (TPSA) is 69.6 Å². The van der Waals surface area contributed by atoms with Gasteiger partial charge in [0.2, 0.25) is 0 Å². The van der Waals surface area contributed by atoms with Crippen molar-refractivity contribution in [1.82, 2.24) is 10.2 Å². The highest BCUT2D eigenvalue weighted by atomic mass is 19.1. The van der Waals surface area contributed by atoms with Gasteiger partial charge in [0.1, 0.15) is 17.2 Å². The highest BCUT2D eigenvalue weighted by Gasteiger charge is 2.51. The SMILES string of the molecule is CC1(c2c(F)cccc2F)NC(=O)N(CCCCCO)C1=O. The lowest BCUT2D eigenvalue weighted by atomic mass is 9.91. The van der Waals surface area contributed by atoms with Gasteiger partial charge in [0.05, 0.1) is 5.56 Å². The molecule has 1 aliphatic rings. The number of hydrogen-bond acceptors (Lipinski definition) is 3. The highest BCUT2D eigenvalue weighted by Crippen LogP contribution is 2.32. The summed E-state index contributed by atoms with van der Waals surface area (Å²) in [5.41, 5.74) is -2.20. The molecule has 120 valence electrons. The number of nitrogens with one attached hydrogen (secondary N) is 1. The van der Waals surface area contributed by atoms with Crippen LogP contribution in [0, 0.1) is 11.6 Å². The van der Waals surface area contributed by atoms with E-state index >= 15 is 0 Å². The maximum atomic E-state index is 13.9. The molecule has 1 aliphatic heterocycles. The first kappa shape index (κ1) is 16.4. The van der Waals surface area contributed by atoms with Crippen molar-refractivity contribution in [3.05, 3.63) is 35.4 Å². The molecule has 1 atom stereocenters. The van der Waals surface area contributed by atoms with Gasteiger partial charge in [-0.15, -0.1) is 0 Å². The number of carbonyl (C=O) groups excluding carboxylic acids is 2. The number of imide groups is 1. The predicted octanol–water partition coefficient (Wildman–Crippen LogP) is 1.89. The number of hydrogen-bond donors (Lipinski definition) is 2. The van der Waals surface area contributed by atoms with Crippen LogP contribution in [0.2, 0.25) is 0 Å². The summed E-state index contributed by atoms with van der Waals surface area (Å²) in [5, 5.41) is 11.1. The van der Waals surface area contributed by atoms with Crippen LogP contribution in [0.3, 0.4) is 0 Å². The second-order valence-electron chi connectivity index (χ2n) is 5.39. The van der Waals surface area contributed by atoms with E-state index < -0.39 is 34.7 Å². The number of carbonyl (C=O) groups is 2. The van der Waals surface area contributed by atoms with Crippen LogP contribution in [0.15, 0.2) is 18.2 Å². The van der Waals surface area contributed by atoms with Crippen LogP contribution in [-0.2, 0) is 10.3 Å². The van der Waals surface area contributed by atoms with Crippen molar-refractivity contribution in [3.8, 4) is 0 Å². The average Bonchev–Trinajstić information content (AvgIpc) is 2.66. The van der Waals surface area contributed by atoms with Gasteiger partial charge in [0.25, 0.3) is 5.91 Å². The summed E-state index contributed by atoms with van der Waals surface area (Å²) in [7, 11) is 0. The summed E-state index contributed by atoms with van der Waals surface area (Å²) >= 11 is 0. The van der Waals surface area contributed by atoms with Gasteiger partial charge in [0.15, 0.2) is 0 Å². The van der Waals surface area contributed by atoms with Crippen molar-refractivity contribution in [2.24, 2.45) is 0 Å². The monoisotopic (exact) mass is 312 g/mol. The largest absolute Gasteiger partial charge is 0.396 e. The van der Waals surface area contributed by atoms with Gasteiger partial charge in [-0.3, -0.25) is 9.69 Å². The molecule has 0 aromatic heterocycles. The van der Waals surface area contributed by atoms with Gasteiger partial charge in [0, 0.05) is 13.2 Å². The maximum absolute atomic E-state index is 13.9. The van der Waals surface area contributed by atoms with E-state index in [1.807, 2.05) is 0 Å². The quantitative estimate of drug-likeness (QED) is 0.622. The summed E-state index contributed by atoms with van der Waals surface area (Å²) < 4.78 is 27.9. The molecule has 1 unspecified atom stereocenters. The fraction of sp³-hybridized carbons (Fsp3) is 0.467. The lowest BCUT2D eigenvalue weighted by molar-refractivity contribution is -0.131. The molecule has 5 nitrogen and oxygen atoms in total. The number of urea groups is 1. The van der Waals surface area contributed by atoms with E-state index in [9.17, 15) is 18.4 Å². The molecule has 1 aromatic rings. The Balaban J connectivity index is 2.23. The van der Waals surface area contributed by atoms with Crippen LogP contribution in [0.4, 0.5) is 13.6 Å². The predicted molar refractivity (Wildman–Crippen MR) is 74.9 cm³/mol. The summed E-state index contributed by atoms with van der Waals surface area (Å²) in [6.45, 7) is 1.48. The van der Waals surface area contributed by atoms with E-state index in [0.717, 1.165) is 17.0 Å². The first-order chi connectivity index (χ1) is 10.4. The summed E-state index contributed by atoms with van der Waals surface area (Å²) in [5.74, 6) is -2.43. The van der Waals surface area contributed by atoms with Crippen LogP contribution < -0.4 is 5.32 Å². The van der Waals surface area contributed by atoms with Gasteiger partial charge < -0.3 is 10.4 Å². The Morgan fingerprint density at radius 2 is 1.82 bits per heavy atom. The molecule has 7 heteroatoms. The van der Waals surface area contributed by atoms with Crippen molar-refractivity contribution in [1.29, 1.82) is 0 Å². The fourth-order valence-corrected chi connectivity index (χ4v) is 2.60. The Labute approximate surface area is 126 Å². The number of nitrogens with zero attached hydrogens (tertiary/aromatic N) is 1. The maximum Gasteiger partial charge on any atom is 0.325 e. The number of aliphatic hydroxyl groups excluding tert-OH is 1. The number of amides is 3. The van der Waals surface area contributed by atoms with E-state index in [1.165, 1.54) is 13.0 Å². The summed E-state index contributed by atoms with van der Waals surface area (Å²) in [6, 6.07) is 2.63. The third-order valence-electron chi connectivity index (χ3n) is 3.78. The molecule has 0 aliphatic carbocycles. The van der Waals surface area contributed by atoms with Gasteiger partial charge >= 0.3 is 6.03 Å². The molecule has 2 N–H and O–H groups in total. The third kappa shape index (κ3) is 2.81. The number of rotatable bonds is 6. The summed E-state index contributed by atoms with van der Waals surface area (Å²) in [4.78, 5) is 25.4. The van der Waals surface area contributed by atoms with E-state index in [-0.39, 0.29) is 13.2 Å². The standard InChI is InChI=1S/C15H18F2N2O3/c1-15(12-10(16)6-5-7-11(12)17)13(21)19(14(22)18-15)8-3-2-4-9-20/h5-7,20H,2-4,8-9H2,1H3,(H,18,22). The smallest absolute Gasteiger partial charge is 0.325 e. The molecule has 3 amide bonds. The van der Waals surface area contributed by atoms with Crippen LogP contribution in [0.5, 0.6) is 0 Å². The van der Waals surface area contributed by atoms with Crippen molar-refractivity contribution in [2.75, 3.05) is 13.2 Å². The first-order valence-electron chi connectivity index (χ1n) is 7.11. The Hall–Kier alpha value is -2.02. The molecule has 0 spiro atoms. The van der Waals surface area contributed by atoms with Gasteiger partial charge in [-0.05, 0) is 38.3 Å². The van der Waals surface area contributed by atoms with Crippen LogP contribution >= 0.6 is 0 Å². The number of benzene rings is 1. The molecule has 0 saturated carbocycles. The number of unbranched alkanes of at least 4 members (excludes halogenated alkanes) is 2. The van der Waals surface area contributed by atoms with Crippen LogP contribution in [0.25, 0.3) is 0 Å². The molecule has 1 fully saturated rings. The minimum atomic E-state index is -1.75. The van der Waals surface area contributed by atoms with Gasteiger partial charge in [-0.1, -0.05) is 6.07 Å². The van der Waals surface area contributed by atoms with E-state index in [2.05, 4.69) is 5.32 Å². The summed E-state index contributed by atoms with van der Waals surface area (Å²) in [6.07, 6.45) is 1.75. The van der Waals surface area contributed by atoms with Gasteiger partial charge in [-0.2, -0.15) is 0 Å². The zero-order valence-corrected chi connectivity index (χ0v) is 12.2. The lowest BCUT2D eigenvalue weighted by Gasteiger charge is -2.23. The zero-order valence-electron chi connectivity index (χ0n) is 12.2. The molecule has 0 radical (unpaired) electrons. The number of halogens is 2. The van der Waals surface area contributed by atoms with Gasteiger partial charge in [-0.25, -0.2) is 13.6 Å². The molecule has 1 aromatic carbocycles. The van der Waals surface area contributed by atoms with Crippen molar-refractivity contribution >= 4 is 11.9 Å². The van der Waals surface area contributed by atoms with E-state index in [4.69, 9.17) is 5.11 Å². The Bertz CT molecular complexity index is 574. The van der Waals surface area contributed by atoms with Crippen molar-refractivity contribution in [3.63, 3.8) is 0 Å². The van der Waals surface area contributed by atoms with Crippen LogP contribution in [0.1, 0.15) is 31.7 Å². The molecule has 2 rings (SSSR count). The van der Waals surface area contributed by atoms with E-state index in [1.54, 1.807) is 0 Å². The van der Waals surface area contributed by atoms with Crippen molar-refractivity contribution < 1.29 is 23.5 Å². The second kappa shape index (κ2) is 6.39. The number of aliphatic hydroxyl groups is 1. The molecule has 1 heterocycles. The normalized spacial score (nSPS) is 21.4. The Morgan fingerprint density at radius 1 is 1.18 bits per heavy atom. The Kier molecular flexibility index (Phi) is 4.75. The molecule has 1 saturated heterocycles.